The molecule has 0 saturated carbocycles. The summed E-state index contributed by atoms with van der Waals surface area (Å²) in [5, 5.41) is 30.2. The fourth-order valence-electron chi connectivity index (χ4n) is 8.69. The van der Waals surface area contributed by atoms with Crippen molar-refractivity contribution >= 4 is 36.1 Å². The first-order valence-corrected chi connectivity index (χ1v) is 23.0. The number of imidazole rings is 2. The number of rotatable bonds is 8. The maximum Gasteiger partial charge on any atom is 0.335 e. The quantitative estimate of drug-likeness (QED) is 0.114. The summed E-state index contributed by atoms with van der Waals surface area (Å²) < 4.78 is 0. The van der Waals surface area contributed by atoms with Crippen LogP contribution in [-0.4, -0.2) is 118 Å². The fraction of sp³-hybridized carbons (Fsp3) is 0.333. The van der Waals surface area contributed by atoms with E-state index in [9.17, 15) is 24.3 Å². The summed E-state index contributed by atoms with van der Waals surface area (Å²) in [6.07, 6.45) is 7.20. The Balaban J connectivity index is 0.000000215. The molecule has 15 nitrogen and oxygen atoms in total. The highest BCUT2D eigenvalue weighted by Crippen LogP contribution is 2.32. The predicted octanol–water partition coefficient (Wildman–Crippen LogP) is 8.83. The summed E-state index contributed by atoms with van der Waals surface area (Å²) in [4.78, 5) is 68.3. The number of carbonyl (C=O) groups excluding carboxylic acids is 3. The first kappa shape index (κ1) is 53.4. The van der Waals surface area contributed by atoms with Crippen LogP contribution in [0.2, 0.25) is 0 Å². The van der Waals surface area contributed by atoms with E-state index in [1.807, 2.05) is 74.2 Å². The minimum atomic E-state index is -0.982. The van der Waals surface area contributed by atoms with Crippen molar-refractivity contribution in [3.05, 3.63) is 152 Å². The molecule has 2 aliphatic heterocycles. The minimum absolute atomic E-state index is 0. The van der Waals surface area contributed by atoms with Crippen LogP contribution < -0.4 is 5.32 Å². The predicted molar refractivity (Wildman–Crippen MR) is 272 cm³/mol. The van der Waals surface area contributed by atoms with E-state index in [0.29, 0.717) is 70.2 Å². The number of carboxylic acid groups (broad SMARTS) is 1. The minimum Gasteiger partial charge on any atom is -0.478 e. The molecule has 8 rings (SSSR count). The molecule has 6 aromatic rings. The molecule has 0 spiro atoms. The molecule has 0 radical (unpaired) electrons. The highest BCUT2D eigenvalue weighted by Gasteiger charge is 2.27. The summed E-state index contributed by atoms with van der Waals surface area (Å²) >= 11 is 0. The van der Waals surface area contributed by atoms with Crippen molar-refractivity contribution in [3.63, 3.8) is 0 Å². The number of aromatic amines is 2. The Kier molecular flexibility index (Phi) is 18.4. The van der Waals surface area contributed by atoms with Crippen LogP contribution in [0.5, 0.6) is 0 Å². The average molecular weight is 966 g/mol. The lowest BCUT2D eigenvalue weighted by atomic mass is 9.88. The monoisotopic (exact) mass is 964 g/mol. The number of H-pyrrole nitrogens is 2. The Hall–Kier alpha value is -7.59. The van der Waals surface area contributed by atoms with Gasteiger partial charge in [0, 0.05) is 58.0 Å². The van der Waals surface area contributed by atoms with Gasteiger partial charge in [-0.2, -0.15) is 10.5 Å². The second-order valence-corrected chi connectivity index (χ2v) is 18.0. The number of piperidine rings is 2. The molecule has 0 aliphatic carbocycles. The number of aryl methyl sites for hydroxylation is 4. The van der Waals surface area contributed by atoms with Crippen LogP contribution >= 0.6 is 12.4 Å². The highest BCUT2D eigenvalue weighted by atomic mass is 35.5. The molecule has 16 heteroatoms. The number of benzene rings is 4. The topological polar surface area (TPSA) is 215 Å². The summed E-state index contributed by atoms with van der Waals surface area (Å²) in [5.41, 5.74) is 10.7. The Morgan fingerprint density at radius 3 is 1.41 bits per heavy atom. The van der Waals surface area contributed by atoms with Crippen molar-refractivity contribution in [2.45, 2.75) is 65.2 Å². The van der Waals surface area contributed by atoms with Gasteiger partial charge in [-0.25, -0.2) is 14.8 Å². The van der Waals surface area contributed by atoms with Crippen LogP contribution in [0.25, 0.3) is 22.8 Å². The van der Waals surface area contributed by atoms with E-state index >= 15 is 0 Å². The van der Waals surface area contributed by atoms with Gasteiger partial charge in [0.1, 0.15) is 23.0 Å². The average Bonchev–Trinajstić information content (AvgIpc) is 4.05. The van der Waals surface area contributed by atoms with Crippen molar-refractivity contribution in [2.75, 3.05) is 54.4 Å². The fourth-order valence-corrected chi connectivity index (χ4v) is 8.69. The van der Waals surface area contributed by atoms with Gasteiger partial charge in [0.05, 0.1) is 41.2 Å². The number of aromatic carboxylic acids is 1. The van der Waals surface area contributed by atoms with Gasteiger partial charge >= 0.3 is 5.97 Å². The molecule has 2 saturated heterocycles. The number of carbonyl (C=O) groups is 4. The zero-order chi connectivity index (χ0) is 49.9. The molecule has 4 heterocycles. The van der Waals surface area contributed by atoms with E-state index in [4.69, 9.17) is 10.5 Å². The third-order valence-corrected chi connectivity index (χ3v) is 12.7. The van der Waals surface area contributed by atoms with E-state index in [0.717, 1.165) is 53.7 Å². The third-order valence-electron chi connectivity index (χ3n) is 12.7. The van der Waals surface area contributed by atoms with Crippen molar-refractivity contribution in [3.8, 4) is 34.9 Å². The van der Waals surface area contributed by atoms with E-state index in [1.165, 1.54) is 46.2 Å². The first-order valence-electron chi connectivity index (χ1n) is 23.0. The number of nitrogens with one attached hydrogen (secondary N) is 3. The lowest BCUT2D eigenvalue weighted by molar-refractivity contribution is 0.0691. The van der Waals surface area contributed by atoms with Crippen molar-refractivity contribution < 1.29 is 24.3 Å². The zero-order valence-corrected chi connectivity index (χ0v) is 41.8. The summed E-state index contributed by atoms with van der Waals surface area (Å²) in [5.74, 6) is 0.850. The number of likely N-dealkylation sites (tertiary alicyclic amines) is 1. The number of aromatic nitrogens is 4. The number of hydrogen-bond donors (Lipinski definition) is 4. The van der Waals surface area contributed by atoms with Crippen LogP contribution in [-0.2, 0) is 0 Å². The van der Waals surface area contributed by atoms with Crippen molar-refractivity contribution in [2.24, 2.45) is 0 Å². The maximum absolute atomic E-state index is 13.4. The Morgan fingerprint density at radius 1 is 0.614 bits per heavy atom. The molecule has 4 N–H and O–H groups in total. The van der Waals surface area contributed by atoms with Crippen LogP contribution in [0.15, 0.2) is 85.2 Å². The number of hydrogen-bond acceptors (Lipinski definition) is 9. The van der Waals surface area contributed by atoms with Crippen LogP contribution in [0.4, 0.5) is 0 Å². The molecule has 2 fully saturated rings. The second kappa shape index (κ2) is 24.1. The number of nitrogens with zero attached hydrogens (tertiary/aromatic N) is 7. The molecule has 364 valence electrons. The maximum atomic E-state index is 13.4. The number of halogens is 1. The van der Waals surface area contributed by atoms with Crippen molar-refractivity contribution in [1.29, 1.82) is 10.5 Å². The van der Waals surface area contributed by atoms with Gasteiger partial charge < -0.3 is 35.1 Å². The van der Waals surface area contributed by atoms with E-state index in [-0.39, 0.29) is 35.7 Å². The molecule has 2 aliphatic rings. The Morgan fingerprint density at radius 2 is 1.01 bits per heavy atom. The number of carboxylic acids is 1. The largest absolute Gasteiger partial charge is 0.478 e. The van der Waals surface area contributed by atoms with E-state index in [2.05, 4.69) is 49.5 Å². The van der Waals surface area contributed by atoms with Gasteiger partial charge in [0.15, 0.2) is 0 Å². The smallest absolute Gasteiger partial charge is 0.335 e. The van der Waals surface area contributed by atoms with E-state index in [1.54, 1.807) is 47.2 Å². The number of amides is 3. The molecule has 70 heavy (non-hydrogen) atoms. The van der Waals surface area contributed by atoms with Gasteiger partial charge in [0.25, 0.3) is 17.7 Å². The lowest BCUT2D eigenvalue weighted by Gasteiger charge is -2.32. The van der Waals surface area contributed by atoms with Gasteiger partial charge in [0.2, 0.25) is 0 Å². The molecule has 3 amide bonds. The SMILES string of the molecule is Cc1cc(C)c(-c2ncc(C(=O)N(C)C)[nH]2)cc1C(=O)N1CCC(c2ccc(C#N)cc2)CC1.Cc1cc(C)c(-c2ncc(C(=O)N(C)C)[nH]2)cc1C(=O)O.Cl.N#Cc1ccc(C2CCNCC2)cc1. The first-order chi connectivity index (χ1) is 33.0. The zero-order valence-electron chi connectivity index (χ0n) is 41.0. The second-order valence-electron chi connectivity index (χ2n) is 18.0. The van der Waals surface area contributed by atoms with Crippen LogP contribution in [0.3, 0.4) is 0 Å². The number of nitriles is 2. The van der Waals surface area contributed by atoms with Gasteiger partial charge in [-0.05, 0) is 148 Å². The van der Waals surface area contributed by atoms with Crippen LogP contribution in [0, 0.1) is 50.4 Å². The van der Waals surface area contributed by atoms with Gasteiger partial charge in [-0.3, -0.25) is 14.4 Å². The van der Waals surface area contributed by atoms with E-state index < -0.39 is 5.97 Å². The summed E-state index contributed by atoms with van der Waals surface area (Å²) in [7, 11) is 6.70. The highest BCUT2D eigenvalue weighted by molar-refractivity contribution is 5.98. The normalized spacial score (nSPS) is 13.5. The molecular formula is C54H61ClN10O5. The molecule has 0 unspecified atom stereocenters. The third kappa shape index (κ3) is 12.9. The molecule has 4 aromatic carbocycles. The molecular weight excluding hydrogens is 904 g/mol. The summed E-state index contributed by atoms with van der Waals surface area (Å²) in [6, 6.07) is 27.3. The Bertz CT molecular complexity index is 2890. The van der Waals surface area contributed by atoms with Crippen LogP contribution in [0.1, 0.15) is 124 Å². The summed E-state index contributed by atoms with van der Waals surface area (Å²) in [6.45, 7) is 11.2. The Labute approximate surface area is 416 Å². The van der Waals surface area contributed by atoms with Crippen molar-refractivity contribution in [1.82, 2.24) is 40.0 Å². The standard InChI is InChI=1S/C27H29N5O2.C15H17N3O3.C12H14N2.ClH/c1-17-13-18(2)23(14-22(17)25-29-16-24(30-25)27(34)31(3)4)26(33)32-11-9-21(10-12-32)20-7-5-19(15-28)6-8-20;1-8-5-9(2)11(15(20)21)6-10(8)13-16-7-12(17-13)14(19)18(3)4;13-9-10-1-3-11(4-2-10)12-5-7-14-8-6-12;/h5-8,13-14,16,21H,9-12H2,1-4H3,(H,29,30);5-7H,1-4H3,(H,16,17)(H,20,21);1-4,12,14H,5-8H2;1H. The molecule has 0 atom stereocenters. The molecule has 2 aromatic heterocycles. The lowest BCUT2D eigenvalue weighted by Crippen LogP contribution is -2.38. The van der Waals surface area contributed by atoms with Gasteiger partial charge in [-0.1, -0.05) is 36.4 Å². The molecule has 0 bridgehead atoms. The van der Waals surface area contributed by atoms with Gasteiger partial charge in [-0.15, -0.1) is 12.4 Å².